The Bertz CT molecular complexity index is 2740. The number of carbonyl (C=O) groups excluding carboxylic acids is 10. The van der Waals surface area contributed by atoms with Gasteiger partial charge in [-0.25, -0.2) is 14.4 Å². The number of alkyl carbamates (subject to hydrolysis) is 2. The molecule has 0 fully saturated rings. The first-order chi connectivity index (χ1) is 42.0. The van der Waals surface area contributed by atoms with Gasteiger partial charge < -0.3 is 99.6 Å². The summed E-state index contributed by atoms with van der Waals surface area (Å²) in [7, 11) is 0. The highest BCUT2D eigenvalue weighted by Crippen LogP contribution is 2.24. The minimum atomic E-state index is -1.88. The van der Waals surface area contributed by atoms with Gasteiger partial charge in [0.2, 0.25) is 47.3 Å². The molecule has 2 rings (SSSR count). The number of rotatable bonds is 35. The van der Waals surface area contributed by atoms with E-state index in [4.69, 9.17) is 26.0 Å². The number of ether oxygens (including phenoxy) is 2. The highest BCUT2D eigenvalue weighted by molar-refractivity contribution is 5.98. The van der Waals surface area contributed by atoms with Crippen molar-refractivity contribution in [3.8, 4) is 0 Å². The van der Waals surface area contributed by atoms with Crippen molar-refractivity contribution in [2.24, 2.45) is 33.7 Å². The molecule has 2 aromatic rings. The number of benzene rings is 2. The number of aliphatic hydroxyl groups is 4. The number of hydrogen-bond donors (Lipinski definition) is 17. The number of carboxylic acids is 1. The largest absolute Gasteiger partial charge is 0.480 e. The molecule has 0 spiro atoms. The summed E-state index contributed by atoms with van der Waals surface area (Å²) in [5, 5.41) is 74.6. The van der Waals surface area contributed by atoms with Crippen LogP contribution in [0, 0.1) is 17.3 Å². The zero-order valence-electron chi connectivity index (χ0n) is 52.8. The standard InChI is InChI=1S/C59H93N13O18/c1-12-32(4)41(51(82)69-42(33(5)75)50(81)63-27-40(76)64-38(28-73)49(80)67-39(29-74)54(85)86)68-47(78)36(24-19-25-62-55(60)61)65-48(79)37(26-58(6,7)8)66-53(84)45(46(77)31(2)3)70-52(83)44(72-56(87)89-30-34-20-15-13-16-21-34)43(35-22-17-14-18-23-35)71-57(88)90-59(9,10)11/h13-18,20-23,31-33,36-39,41-46,73-75,77H,12,19,24-30H2,1-11H3,(H,63,81)(H,64,76)(H,65,79)(H,66,84)(H,67,80)(H,68,78)(H,69,82)(H,70,83)(H,71,88)(H,72,87)(H,85,86)(H4,60,61,62)/t32-,33-,36+,37-,38-,39-,41-,42-,43+,44-,45-,46?/m0/s1. The van der Waals surface area contributed by atoms with Crippen molar-refractivity contribution in [2.75, 3.05) is 26.3 Å². The summed E-state index contributed by atoms with van der Waals surface area (Å²) in [5.41, 5.74) is 10.2. The van der Waals surface area contributed by atoms with Crippen molar-refractivity contribution >= 4 is 71.4 Å². The molecule has 0 heterocycles. The summed E-state index contributed by atoms with van der Waals surface area (Å²) in [6.07, 6.45) is -5.45. The molecule has 0 bridgehead atoms. The molecule has 90 heavy (non-hydrogen) atoms. The van der Waals surface area contributed by atoms with Crippen LogP contribution in [0.2, 0.25) is 0 Å². The molecule has 31 nitrogen and oxygen atoms in total. The van der Waals surface area contributed by atoms with Gasteiger partial charge in [0.25, 0.3) is 0 Å². The van der Waals surface area contributed by atoms with E-state index in [9.17, 15) is 73.2 Å². The lowest BCUT2D eigenvalue weighted by Gasteiger charge is -2.33. The highest BCUT2D eigenvalue weighted by atomic mass is 16.6. The quantitative estimate of drug-likeness (QED) is 0.0203. The van der Waals surface area contributed by atoms with Crippen LogP contribution in [0.3, 0.4) is 0 Å². The van der Waals surface area contributed by atoms with Gasteiger partial charge in [0.15, 0.2) is 5.96 Å². The molecule has 0 saturated heterocycles. The van der Waals surface area contributed by atoms with E-state index < -0.39 is 175 Å². The fraction of sp³-hybridized carbons (Fsp3) is 0.593. The van der Waals surface area contributed by atoms with Gasteiger partial charge in [0.05, 0.1) is 38.0 Å². The van der Waals surface area contributed by atoms with Crippen LogP contribution in [0.5, 0.6) is 0 Å². The number of aliphatic carboxylic acids is 1. The summed E-state index contributed by atoms with van der Waals surface area (Å²) in [6.45, 7) is 14.4. The maximum atomic E-state index is 14.9. The van der Waals surface area contributed by atoms with Crippen LogP contribution >= 0.6 is 0 Å². The molecular weight excluding hydrogens is 1180 g/mol. The average Bonchev–Trinajstić information content (AvgIpc) is 1.80. The molecule has 10 amide bonds. The summed E-state index contributed by atoms with van der Waals surface area (Å²) < 4.78 is 11.0. The zero-order chi connectivity index (χ0) is 68.2. The molecule has 19 N–H and O–H groups in total. The Morgan fingerprint density at radius 1 is 0.578 bits per heavy atom. The number of guanidine groups is 1. The lowest BCUT2D eigenvalue weighted by molar-refractivity contribution is -0.143. The second-order valence-corrected chi connectivity index (χ2v) is 24.0. The topological polar surface area (TPSA) is 492 Å². The Labute approximate surface area is 523 Å². The van der Waals surface area contributed by atoms with Crippen LogP contribution in [-0.4, -0.2) is 189 Å². The first-order valence-corrected chi connectivity index (χ1v) is 29.3. The minimum absolute atomic E-state index is 0.0428. The number of nitrogens with zero attached hydrogens (tertiary/aromatic N) is 1. The number of aliphatic hydroxyl groups excluding tert-OH is 4. The Morgan fingerprint density at radius 3 is 1.61 bits per heavy atom. The van der Waals surface area contributed by atoms with Gasteiger partial charge in [-0.15, -0.1) is 0 Å². The van der Waals surface area contributed by atoms with Crippen LogP contribution in [0.1, 0.15) is 119 Å². The van der Waals surface area contributed by atoms with Crippen LogP contribution in [0.25, 0.3) is 0 Å². The van der Waals surface area contributed by atoms with Crippen LogP contribution in [-0.2, 0) is 59.2 Å². The molecule has 0 aromatic heterocycles. The van der Waals surface area contributed by atoms with Gasteiger partial charge in [0, 0.05) is 6.54 Å². The minimum Gasteiger partial charge on any atom is -0.480 e. The molecule has 502 valence electrons. The molecule has 31 heteroatoms. The van der Waals surface area contributed by atoms with E-state index in [0.29, 0.717) is 11.1 Å². The van der Waals surface area contributed by atoms with Crippen LogP contribution < -0.4 is 64.6 Å². The SMILES string of the molecule is CC[C@H](C)[C@H](NC(=O)[C@@H](CCCN=C(N)N)NC(=O)[C@H](CC(C)(C)C)NC(=O)[C@@H](NC(=O)[C@@H](NC(=O)OCc1ccccc1)[C@H](NC(=O)OC(C)(C)C)c1ccccc1)C(O)C(C)C)C(=O)N[C@H](C(=O)NCC(=O)N[C@@H](CO)C(=O)N[C@@H](CO)C(=O)O)[C@H](C)O. The number of carboxylic acid groups (broad SMARTS) is 1. The Balaban J connectivity index is 2.58. The van der Waals surface area contributed by atoms with E-state index in [-0.39, 0.29) is 44.8 Å². The lowest BCUT2D eigenvalue weighted by atomic mass is 9.87. The number of hydrogen-bond acceptors (Lipinski definition) is 18. The highest BCUT2D eigenvalue weighted by Gasteiger charge is 2.41. The van der Waals surface area contributed by atoms with Crippen molar-refractivity contribution in [1.29, 1.82) is 0 Å². The fourth-order valence-electron chi connectivity index (χ4n) is 8.49. The normalized spacial score (nSPS) is 15.4. The first kappa shape index (κ1) is 77.4. The van der Waals surface area contributed by atoms with Crippen molar-refractivity contribution in [2.45, 2.75) is 181 Å². The van der Waals surface area contributed by atoms with Gasteiger partial charge >= 0.3 is 18.2 Å². The Morgan fingerprint density at radius 2 is 1.09 bits per heavy atom. The summed E-state index contributed by atoms with van der Waals surface area (Å²) >= 11 is 0. The smallest absolute Gasteiger partial charge is 0.408 e. The number of nitrogens with one attached hydrogen (secondary N) is 10. The van der Waals surface area contributed by atoms with Gasteiger partial charge in [0.1, 0.15) is 60.5 Å². The predicted octanol–water partition coefficient (Wildman–Crippen LogP) is -1.94. The average molecular weight is 1270 g/mol. The molecule has 0 saturated carbocycles. The van der Waals surface area contributed by atoms with Crippen molar-refractivity contribution in [3.05, 3.63) is 71.8 Å². The molecule has 2 aromatic carbocycles. The number of carbonyl (C=O) groups is 11. The summed E-state index contributed by atoms with van der Waals surface area (Å²) in [5.74, 6) is -11.8. The van der Waals surface area contributed by atoms with E-state index in [1.807, 2.05) is 5.32 Å². The second-order valence-electron chi connectivity index (χ2n) is 24.0. The molecule has 0 aliphatic rings. The molecular formula is C59H93N13O18. The van der Waals surface area contributed by atoms with E-state index in [1.165, 1.54) is 0 Å². The van der Waals surface area contributed by atoms with Gasteiger partial charge in [-0.1, -0.05) is 116 Å². The van der Waals surface area contributed by atoms with Crippen LogP contribution in [0.15, 0.2) is 65.7 Å². The molecule has 0 radical (unpaired) electrons. The number of aliphatic imine (C=N–C) groups is 1. The maximum Gasteiger partial charge on any atom is 0.408 e. The van der Waals surface area contributed by atoms with E-state index >= 15 is 0 Å². The Kier molecular flexibility index (Phi) is 32.1. The second kappa shape index (κ2) is 37.3. The number of amides is 10. The van der Waals surface area contributed by atoms with Gasteiger partial charge in [-0.05, 0) is 75.3 Å². The fourth-order valence-corrected chi connectivity index (χ4v) is 8.49. The zero-order valence-corrected chi connectivity index (χ0v) is 52.8. The molecule has 1 unspecified atom stereocenters. The maximum absolute atomic E-state index is 14.9. The van der Waals surface area contributed by atoms with E-state index in [1.54, 1.807) is 130 Å². The van der Waals surface area contributed by atoms with Gasteiger partial charge in [-0.2, -0.15) is 0 Å². The molecule has 0 aliphatic heterocycles. The van der Waals surface area contributed by atoms with Crippen molar-refractivity contribution in [1.82, 2.24) is 53.2 Å². The van der Waals surface area contributed by atoms with E-state index in [2.05, 4.69) is 52.8 Å². The third kappa shape index (κ3) is 27.8. The monoisotopic (exact) mass is 1270 g/mol. The lowest BCUT2D eigenvalue weighted by Crippen LogP contribution is -2.63. The first-order valence-electron chi connectivity index (χ1n) is 29.3. The third-order valence-electron chi connectivity index (χ3n) is 13.5. The molecule has 12 atom stereocenters. The molecule has 0 aliphatic carbocycles. The summed E-state index contributed by atoms with van der Waals surface area (Å²) in [4.78, 5) is 154. The summed E-state index contributed by atoms with van der Waals surface area (Å²) in [6, 6.07) is 1.75. The van der Waals surface area contributed by atoms with E-state index in [0.717, 1.165) is 6.92 Å². The third-order valence-corrected chi connectivity index (χ3v) is 13.5. The van der Waals surface area contributed by atoms with Gasteiger partial charge in [-0.3, -0.25) is 43.3 Å². The predicted molar refractivity (Wildman–Crippen MR) is 326 cm³/mol. The number of nitrogens with two attached hydrogens (primary N) is 2. The Hall–Kier alpha value is -8.68. The van der Waals surface area contributed by atoms with Crippen molar-refractivity contribution in [3.63, 3.8) is 0 Å². The van der Waals surface area contributed by atoms with Crippen LogP contribution in [0.4, 0.5) is 9.59 Å². The van der Waals surface area contributed by atoms with Crippen molar-refractivity contribution < 1.29 is 87.7 Å².